The minimum atomic E-state index is -0.681. The van der Waals surface area contributed by atoms with E-state index in [4.69, 9.17) is 4.74 Å². The number of rotatable bonds is 4. The van der Waals surface area contributed by atoms with Crippen LogP contribution in [0.5, 0.6) is 0 Å². The second-order valence-corrected chi connectivity index (χ2v) is 7.86. The molecule has 0 aliphatic carbocycles. The number of ether oxygens (including phenoxy) is 1. The average Bonchev–Trinajstić information content (AvgIpc) is 3.07. The van der Waals surface area contributed by atoms with Gasteiger partial charge in [-0.05, 0) is 43.4 Å². The predicted octanol–water partition coefficient (Wildman–Crippen LogP) is 2.11. The molecule has 29 heavy (non-hydrogen) atoms. The zero-order chi connectivity index (χ0) is 20.4. The third-order valence-electron chi connectivity index (χ3n) is 5.76. The predicted molar refractivity (Wildman–Crippen MR) is 108 cm³/mol. The molecule has 7 heteroatoms. The van der Waals surface area contributed by atoms with Crippen LogP contribution in [0.4, 0.5) is 4.79 Å². The van der Waals surface area contributed by atoms with Crippen molar-refractivity contribution in [1.82, 2.24) is 14.8 Å². The maximum atomic E-state index is 13.2. The molecule has 0 saturated carbocycles. The zero-order valence-corrected chi connectivity index (χ0v) is 16.5. The van der Waals surface area contributed by atoms with Gasteiger partial charge in [0, 0.05) is 19.3 Å². The number of nitrogens with one attached hydrogen (secondary N) is 1. The Morgan fingerprint density at radius 3 is 2.72 bits per heavy atom. The van der Waals surface area contributed by atoms with Crippen LogP contribution in [0, 0.1) is 6.92 Å². The fraction of sp³-hybridized carbons (Fsp3) is 0.409. The summed E-state index contributed by atoms with van der Waals surface area (Å²) in [5, 5.41) is 2.68. The summed E-state index contributed by atoms with van der Waals surface area (Å²) in [6.45, 7) is 3.55. The molecule has 1 unspecified atom stereocenters. The van der Waals surface area contributed by atoms with Crippen LogP contribution in [0.2, 0.25) is 0 Å². The highest BCUT2D eigenvalue weighted by Crippen LogP contribution is 2.28. The van der Waals surface area contributed by atoms with Crippen LogP contribution in [0.25, 0.3) is 0 Å². The first-order valence-corrected chi connectivity index (χ1v) is 9.98. The van der Waals surface area contributed by atoms with Gasteiger partial charge in [-0.3, -0.25) is 9.59 Å². The van der Waals surface area contributed by atoms with Gasteiger partial charge in [-0.1, -0.05) is 30.3 Å². The smallest absolute Gasteiger partial charge is 0.407 e. The van der Waals surface area contributed by atoms with Crippen molar-refractivity contribution in [2.75, 3.05) is 19.6 Å². The number of carbonyl (C=O) groups excluding carboxylic acids is 2. The van der Waals surface area contributed by atoms with Crippen molar-refractivity contribution in [3.8, 4) is 0 Å². The molecule has 0 bridgehead atoms. The maximum Gasteiger partial charge on any atom is 0.407 e. The molecule has 7 nitrogen and oxygen atoms in total. The van der Waals surface area contributed by atoms with Crippen LogP contribution in [-0.4, -0.2) is 46.7 Å². The number of carbonyl (C=O) groups is 2. The third kappa shape index (κ3) is 3.90. The van der Waals surface area contributed by atoms with Gasteiger partial charge in [0.15, 0.2) is 0 Å². The first-order chi connectivity index (χ1) is 14.0. The van der Waals surface area contributed by atoms with Crippen LogP contribution in [0.3, 0.4) is 0 Å². The van der Waals surface area contributed by atoms with Crippen LogP contribution >= 0.6 is 0 Å². The van der Waals surface area contributed by atoms with E-state index < -0.39 is 11.7 Å². The Bertz CT molecular complexity index is 985. The fourth-order valence-electron chi connectivity index (χ4n) is 4.15. The van der Waals surface area contributed by atoms with E-state index in [2.05, 4.69) is 5.32 Å². The number of amides is 2. The van der Waals surface area contributed by atoms with Crippen LogP contribution in [0.15, 0.2) is 47.4 Å². The Hall–Kier alpha value is -3.09. The number of hydrogen-bond acceptors (Lipinski definition) is 4. The van der Waals surface area contributed by atoms with E-state index >= 15 is 0 Å². The van der Waals surface area contributed by atoms with Crippen molar-refractivity contribution in [3.05, 3.63) is 69.6 Å². The van der Waals surface area contributed by atoms with Crippen molar-refractivity contribution in [2.45, 2.75) is 38.3 Å². The molecule has 1 spiro atoms. The molecular formula is C22H25N3O4. The summed E-state index contributed by atoms with van der Waals surface area (Å²) in [5.74, 6) is -0.288. The van der Waals surface area contributed by atoms with Gasteiger partial charge >= 0.3 is 6.09 Å². The summed E-state index contributed by atoms with van der Waals surface area (Å²) in [4.78, 5) is 39.5. The summed E-state index contributed by atoms with van der Waals surface area (Å²) >= 11 is 0. The molecule has 1 atom stereocenters. The van der Waals surface area contributed by atoms with Gasteiger partial charge in [0.1, 0.15) is 11.2 Å². The molecule has 2 fully saturated rings. The van der Waals surface area contributed by atoms with Crippen molar-refractivity contribution >= 4 is 12.0 Å². The Labute approximate surface area is 169 Å². The molecule has 3 heterocycles. The molecular weight excluding hydrogens is 370 g/mol. The lowest BCUT2D eigenvalue weighted by molar-refractivity contribution is -0.00515. The molecule has 2 amide bonds. The molecule has 2 aliphatic rings. The minimum Gasteiger partial charge on any atom is -0.439 e. The molecule has 2 saturated heterocycles. The van der Waals surface area contributed by atoms with Gasteiger partial charge in [0.25, 0.3) is 11.5 Å². The lowest BCUT2D eigenvalue weighted by Crippen LogP contribution is -2.53. The van der Waals surface area contributed by atoms with Crippen molar-refractivity contribution in [2.24, 2.45) is 0 Å². The first-order valence-electron chi connectivity index (χ1n) is 9.98. The third-order valence-corrected chi connectivity index (χ3v) is 5.76. The number of benzene rings is 1. The number of nitrogens with zero attached hydrogens (tertiary/aromatic N) is 2. The summed E-state index contributed by atoms with van der Waals surface area (Å²) in [6.07, 6.45) is 3.46. The first kappa shape index (κ1) is 19.2. The maximum absolute atomic E-state index is 13.2. The minimum absolute atomic E-state index is 0.204. The van der Waals surface area contributed by atoms with E-state index in [1.54, 1.807) is 22.6 Å². The highest BCUT2D eigenvalue weighted by atomic mass is 16.6. The van der Waals surface area contributed by atoms with Gasteiger partial charge < -0.3 is 19.5 Å². The highest BCUT2D eigenvalue weighted by Gasteiger charge is 2.45. The van der Waals surface area contributed by atoms with Gasteiger partial charge in [0.2, 0.25) is 0 Å². The van der Waals surface area contributed by atoms with E-state index in [1.807, 2.05) is 36.4 Å². The largest absolute Gasteiger partial charge is 0.439 e. The number of likely N-dealkylation sites (tertiary alicyclic amines) is 1. The molecule has 2 aliphatic heterocycles. The summed E-state index contributed by atoms with van der Waals surface area (Å²) in [5.41, 5.74) is 1.06. The summed E-state index contributed by atoms with van der Waals surface area (Å²) in [6, 6.07) is 11.8. The van der Waals surface area contributed by atoms with Crippen LogP contribution in [-0.2, 0) is 17.7 Å². The topological polar surface area (TPSA) is 80.6 Å². The second-order valence-electron chi connectivity index (χ2n) is 7.86. The fourth-order valence-corrected chi connectivity index (χ4v) is 4.15. The summed E-state index contributed by atoms with van der Waals surface area (Å²) < 4.78 is 7.05. The lowest BCUT2D eigenvalue weighted by Gasteiger charge is -2.38. The second kappa shape index (κ2) is 7.73. The lowest BCUT2D eigenvalue weighted by atomic mass is 9.92. The molecule has 2 aromatic rings. The van der Waals surface area contributed by atoms with Crippen LogP contribution < -0.4 is 10.9 Å². The molecule has 1 aromatic heterocycles. The number of aryl methyl sites for hydroxylation is 3. The van der Waals surface area contributed by atoms with Gasteiger partial charge in [0.05, 0.1) is 13.1 Å². The Balaban J connectivity index is 1.55. The van der Waals surface area contributed by atoms with Crippen molar-refractivity contribution in [3.63, 3.8) is 0 Å². The number of piperidine rings is 1. The molecule has 0 radical (unpaired) electrons. The number of alkyl carbamates (subject to hydrolysis) is 1. The van der Waals surface area contributed by atoms with Crippen molar-refractivity contribution in [1.29, 1.82) is 0 Å². The number of hydrogen-bond donors (Lipinski definition) is 1. The molecule has 1 N–H and O–H groups in total. The average molecular weight is 395 g/mol. The highest BCUT2D eigenvalue weighted by molar-refractivity contribution is 5.95. The normalized spacial score (nSPS) is 21.1. The zero-order valence-electron chi connectivity index (χ0n) is 16.5. The van der Waals surface area contributed by atoms with E-state index in [-0.39, 0.29) is 17.0 Å². The monoisotopic (exact) mass is 395 g/mol. The van der Waals surface area contributed by atoms with Crippen molar-refractivity contribution < 1.29 is 14.3 Å². The van der Waals surface area contributed by atoms with E-state index in [9.17, 15) is 14.4 Å². The number of pyridine rings is 1. The Kier molecular flexibility index (Phi) is 5.13. The van der Waals surface area contributed by atoms with Gasteiger partial charge in [-0.2, -0.15) is 0 Å². The molecule has 4 rings (SSSR count). The quantitative estimate of drug-likeness (QED) is 0.860. The molecule has 152 valence electrons. The van der Waals surface area contributed by atoms with E-state index in [1.165, 1.54) is 0 Å². The van der Waals surface area contributed by atoms with E-state index in [0.717, 1.165) is 12.0 Å². The van der Waals surface area contributed by atoms with Gasteiger partial charge in [-0.25, -0.2) is 4.79 Å². The van der Waals surface area contributed by atoms with Gasteiger partial charge in [-0.15, -0.1) is 0 Å². The SMILES string of the molecule is Cc1ccn(CCc2ccccc2)c(=O)c1C(=O)N1CCCC2(CNC(=O)O2)C1. The summed E-state index contributed by atoms with van der Waals surface area (Å²) in [7, 11) is 0. The van der Waals surface area contributed by atoms with Crippen LogP contribution in [0.1, 0.15) is 34.3 Å². The Morgan fingerprint density at radius 2 is 2.00 bits per heavy atom. The molecule has 1 aromatic carbocycles. The Morgan fingerprint density at radius 1 is 1.21 bits per heavy atom. The standard InChI is InChI=1S/C22H25N3O4/c1-16-8-12-24(13-9-17-6-3-2-4-7-17)19(26)18(16)20(27)25-11-5-10-22(15-25)14-23-21(28)29-22/h2-4,6-8,12H,5,9-11,13-15H2,1H3,(H,23,28). The van der Waals surface area contributed by atoms with E-state index in [0.29, 0.717) is 44.6 Å². The number of aromatic nitrogens is 1.